The molecule has 0 saturated heterocycles. The van der Waals surface area contributed by atoms with E-state index in [9.17, 15) is 4.79 Å². The molecule has 6 rings (SSSR count). The van der Waals surface area contributed by atoms with Gasteiger partial charge in [0, 0.05) is 28.0 Å². The van der Waals surface area contributed by atoms with Crippen LogP contribution in [-0.4, -0.2) is 20.4 Å². The molecule has 0 aliphatic rings. The first-order valence-electron chi connectivity index (χ1n) is 12.2. The zero-order valence-corrected chi connectivity index (χ0v) is 21.2. The molecule has 0 aliphatic carbocycles. The monoisotopic (exact) mass is 486 g/mol. The highest BCUT2D eigenvalue weighted by Crippen LogP contribution is 2.28. The molecule has 3 heterocycles. The zero-order valence-electron chi connectivity index (χ0n) is 21.2. The van der Waals surface area contributed by atoms with Crippen LogP contribution in [-0.2, 0) is 0 Å². The Hall–Kier alpha value is -4.71. The second-order valence-corrected chi connectivity index (χ2v) is 9.34. The van der Waals surface area contributed by atoms with Crippen LogP contribution in [0.5, 0.6) is 0 Å². The Morgan fingerprint density at radius 2 is 1.68 bits per heavy atom. The smallest absolute Gasteiger partial charge is 0.282 e. The minimum absolute atomic E-state index is 0.249. The van der Waals surface area contributed by atoms with Crippen LogP contribution in [0.25, 0.3) is 39.1 Å². The van der Waals surface area contributed by atoms with Gasteiger partial charge in [-0.25, -0.2) is 4.98 Å². The van der Waals surface area contributed by atoms with Crippen molar-refractivity contribution < 1.29 is 4.42 Å². The summed E-state index contributed by atoms with van der Waals surface area (Å²) in [5.74, 6) is 0.849. The van der Waals surface area contributed by atoms with Gasteiger partial charge in [0.15, 0.2) is 5.76 Å². The predicted molar refractivity (Wildman–Crippen MR) is 149 cm³/mol. The van der Waals surface area contributed by atoms with Crippen LogP contribution in [0.4, 0.5) is 0 Å². The number of fused-ring (bicyclic) bond motifs is 2. The summed E-state index contributed by atoms with van der Waals surface area (Å²) in [6, 6.07) is 25.3. The number of rotatable bonds is 4. The van der Waals surface area contributed by atoms with Crippen LogP contribution in [0.15, 0.2) is 93.2 Å². The molecule has 3 aromatic carbocycles. The van der Waals surface area contributed by atoms with Crippen molar-refractivity contribution in [3.8, 4) is 17.3 Å². The van der Waals surface area contributed by atoms with Crippen LogP contribution < -0.4 is 5.56 Å². The molecule has 0 spiro atoms. The normalized spacial score (nSPS) is 11.8. The number of furan rings is 1. The second kappa shape index (κ2) is 8.75. The summed E-state index contributed by atoms with van der Waals surface area (Å²) >= 11 is 0. The molecule has 0 N–H and O–H groups in total. The lowest BCUT2D eigenvalue weighted by atomic mass is 10.1. The van der Waals surface area contributed by atoms with E-state index in [1.807, 2.05) is 48.5 Å². The van der Waals surface area contributed by atoms with E-state index in [2.05, 4.69) is 61.6 Å². The van der Waals surface area contributed by atoms with Crippen molar-refractivity contribution in [3.05, 3.63) is 117 Å². The Morgan fingerprint density at radius 1 is 0.892 bits per heavy atom. The van der Waals surface area contributed by atoms with Gasteiger partial charge in [-0.15, -0.1) is 0 Å². The van der Waals surface area contributed by atoms with E-state index in [-0.39, 0.29) is 5.56 Å². The molecule has 0 unspecified atom stereocenters. The number of aryl methyl sites for hydroxylation is 2. The van der Waals surface area contributed by atoms with Gasteiger partial charge in [0.05, 0.1) is 17.1 Å². The number of para-hydroxylation sites is 2. The molecule has 0 saturated carbocycles. The van der Waals surface area contributed by atoms with Crippen LogP contribution in [0, 0.1) is 27.7 Å². The van der Waals surface area contributed by atoms with Crippen molar-refractivity contribution >= 4 is 28.1 Å². The van der Waals surface area contributed by atoms with Gasteiger partial charge in [0.2, 0.25) is 5.82 Å². The first-order valence-corrected chi connectivity index (χ1v) is 12.2. The van der Waals surface area contributed by atoms with Gasteiger partial charge >= 0.3 is 0 Å². The third-order valence-electron chi connectivity index (χ3n) is 7.00. The highest BCUT2D eigenvalue weighted by Gasteiger charge is 2.17. The number of aromatic nitrogens is 3. The van der Waals surface area contributed by atoms with E-state index >= 15 is 0 Å². The predicted octanol–water partition coefficient (Wildman–Crippen LogP) is 6.72. The number of hydrogen-bond donors (Lipinski definition) is 0. The molecular formula is C31H26N4O2. The third-order valence-corrected chi connectivity index (χ3v) is 7.00. The fraction of sp³-hybridized carbons (Fsp3) is 0.129. The van der Waals surface area contributed by atoms with Gasteiger partial charge in [-0.3, -0.25) is 4.79 Å². The third kappa shape index (κ3) is 3.78. The molecule has 0 fully saturated rings. The van der Waals surface area contributed by atoms with E-state index in [0.717, 1.165) is 33.6 Å². The summed E-state index contributed by atoms with van der Waals surface area (Å²) in [7, 11) is 0. The second-order valence-electron chi connectivity index (χ2n) is 9.34. The Morgan fingerprint density at radius 3 is 2.51 bits per heavy atom. The summed E-state index contributed by atoms with van der Waals surface area (Å²) in [5, 5.41) is 6.10. The van der Waals surface area contributed by atoms with Gasteiger partial charge < -0.3 is 8.98 Å². The lowest BCUT2D eigenvalue weighted by Crippen LogP contribution is -2.20. The van der Waals surface area contributed by atoms with E-state index in [1.54, 1.807) is 12.3 Å². The minimum atomic E-state index is -0.249. The van der Waals surface area contributed by atoms with Crippen molar-refractivity contribution in [3.63, 3.8) is 0 Å². The summed E-state index contributed by atoms with van der Waals surface area (Å²) in [6.45, 7) is 8.40. The Kier molecular flexibility index (Phi) is 5.37. The van der Waals surface area contributed by atoms with Crippen molar-refractivity contribution in [1.29, 1.82) is 0 Å². The summed E-state index contributed by atoms with van der Waals surface area (Å²) < 4.78 is 9.64. The highest BCUT2D eigenvalue weighted by atomic mass is 16.3. The zero-order chi connectivity index (χ0) is 25.7. The summed E-state index contributed by atoms with van der Waals surface area (Å²) in [5.41, 5.74) is 7.75. The Labute approximate surface area is 214 Å². The molecule has 0 aliphatic heterocycles. The first-order chi connectivity index (χ1) is 17.9. The average molecular weight is 487 g/mol. The standard InChI is InChI=1S/C31H26N4O2/c1-19-10-9-14-27(21(19)3)34-20(2)16-24(22(34)4)18-32-35-30(29-17-23-11-5-8-15-28(23)37-29)33-26-13-7-6-12-25(26)31(35)36/h5-18H,1-4H3. The molecule has 3 aromatic heterocycles. The largest absolute Gasteiger partial charge is 0.453 e. The van der Waals surface area contributed by atoms with Crippen molar-refractivity contribution in [1.82, 2.24) is 14.2 Å². The van der Waals surface area contributed by atoms with Crippen LogP contribution in [0.1, 0.15) is 28.1 Å². The molecule has 0 atom stereocenters. The van der Waals surface area contributed by atoms with E-state index < -0.39 is 0 Å². The molecule has 182 valence electrons. The Bertz CT molecular complexity index is 1870. The summed E-state index contributed by atoms with van der Waals surface area (Å²) in [4.78, 5) is 18.4. The minimum Gasteiger partial charge on any atom is -0.453 e. The van der Waals surface area contributed by atoms with E-state index in [1.165, 1.54) is 15.8 Å². The molecule has 6 nitrogen and oxygen atoms in total. The lowest BCUT2D eigenvalue weighted by molar-refractivity contribution is 0.616. The number of nitrogens with zero attached hydrogens (tertiary/aromatic N) is 4. The fourth-order valence-electron chi connectivity index (χ4n) is 4.87. The van der Waals surface area contributed by atoms with Gasteiger partial charge in [0.25, 0.3) is 5.56 Å². The first kappa shape index (κ1) is 22.7. The quantitative estimate of drug-likeness (QED) is 0.260. The lowest BCUT2D eigenvalue weighted by Gasteiger charge is -2.14. The topological polar surface area (TPSA) is 65.3 Å². The van der Waals surface area contributed by atoms with Crippen molar-refractivity contribution in [2.24, 2.45) is 5.10 Å². The molecule has 6 heteroatoms. The number of benzene rings is 3. The van der Waals surface area contributed by atoms with Gasteiger partial charge in [-0.05, 0) is 75.2 Å². The SMILES string of the molecule is Cc1cccc(-n2c(C)cc(C=Nn3c(-c4cc5ccccc5o4)nc4ccccc4c3=O)c2C)c1C. The molecular weight excluding hydrogens is 460 g/mol. The maximum Gasteiger partial charge on any atom is 0.282 e. The van der Waals surface area contributed by atoms with Crippen molar-refractivity contribution in [2.45, 2.75) is 27.7 Å². The number of hydrogen-bond acceptors (Lipinski definition) is 4. The molecule has 37 heavy (non-hydrogen) atoms. The molecule has 0 radical (unpaired) electrons. The molecule has 0 amide bonds. The Balaban J connectivity index is 1.52. The van der Waals surface area contributed by atoms with Gasteiger partial charge in [-0.2, -0.15) is 9.78 Å². The van der Waals surface area contributed by atoms with E-state index in [0.29, 0.717) is 22.5 Å². The van der Waals surface area contributed by atoms with Gasteiger partial charge in [-0.1, -0.05) is 42.5 Å². The molecule has 6 aromatic rings. The van der Waals surface area contributed by atoms with Crippen molar-refractivity contribution in [2.75, 3.05) is 0 Å². The van der Waals surface area contributed by atoms with E-state index in [4.69, 9.17) is 9.40 Å². The summed E-state index contributed by atoms with van der Waals surface area (Å²) in [6.07, 6.45) is 1.73. The van der Waals surface area contributed by atoms with Crippen LogP contribution in [0.3, 0.4) is 0 Å². The van der Waals surface area contributed by atoms with Gasteiger partial charge in [0.1, 0.15) is 5.58 Å². The highest BCUT2D eigenvalue weighted by molar-refractivity contribution is 5.85. The maximum atomic E-state index is 13.6. The van der Waals surface area contributed by atoms with Crippen LogP contribution in [0.2, 0.25) is 0 Å². The average Bonchev–Trinajstić information content (AvgIpc) is 3.45. The van der Waals surface area contributed by atoms with Crippen LogP contribution >= 0.6 is 0 Å². The molecule has 0 bridgehead atoms. The fourth-order valence-corrected chi connectivity index (χ4v) is 4.87. The maximum absolute atomic E-state index is 13.6.